The Morgan fingerprint density at radius 1 is 0.432 bits per heavy atom. The molecule has 0 radical (unpaired) electrons. The molecule has 0 bridgehead atoms. The van der Waals surface area contributed by atoms with E-state index in [1.165, 1.54) is 26.5 Å². The molecule has 0 atom stereocenters. The average molecular weight is 649 g/mol. The van der Waals surface area contributed by atoms with E-state index in [1.807, 2.05) is 0 Å². The van der Waals surface area contributed by atoms with Crippen LogP contribution in [0.5, 0.6) is 0 Å². The molecule has 0 amide bonds. The summed E-state index contributed by atoms with van der Waals surface area (Å²) in [6.07, 6.45) is 1.10. The van der Waals surface area contributed by atoms with Crippen LogP contribution in [0.2, 0.25) is 0 Å². The summed E-state index contributed by atoms with van der Waals surface area (Å²) in [5, 5.41) is 7.04. The predicted octanol–water partition coefficient (Wildman–Crippen LogP) is 6.80. The maximum Gasteiger partial charge on any atom is -0.0134 e. The number of hydrogen-bond donors (Lipinski definition) is 0. The third-order valence-corrected chi connectivity index (χ3v) is 11.0. The van der Waals surface area contributed by atoms with Crippen molar-refractivity contribution < 1.29 is 18.2 Å². The molecule has 5 aromatic carbocycles. The molecule has 5 heteroatoms. The molecule has 0 aromatic heterocycles. The molecule has 5 aromatic rings. The van der Waals surface area contributed by atoms with E-state index in [2.05, 4.69) is 179 Å². The van der Waals surface area contributed by atoms with Crippen molar-refractivity contribution in [1.29, 1.82) is 0 Å². The van der Waals surface area contributed by atoms with Crippen LogP contribution in [-0.2, 0) is 30.8 Å². The zero-order valence-corrected chi connectivity index (χ0v) is 25.3. The Morgan fingerprint density at radius 2 is 0.676 bits per heavy atom. The Kier molecular flexibility index (Phi) is 14.3. The summed E-state index contributed by atoms with van der Waals surface area (Å²) >= 11 is 7.37. The van der Waals surface area contributed by atoms with Gasteiger partial charge in [-0.1, -0.05) is 152 Å². The van der Waals surface area contributed by atoms with Gasteiger partial charge in [0.2, 0.25) is 0 Å². The summed E-state index contributed by atoms with van der Waals surface area (Å²) in [5.41, 5.74) is 0. The SMILES string of the molecule is [Cl][Pd+].[S-]CCP(c1ccccc1)c1ccccc1.c1ccc(P(c2ccccc2)c2ccccc2)cc1. The molecule has 0 aliphatic carbocycles. The minimum Gasteiger partial charge on any atom is -0.792 e. The smallest absolute Gasteiger partial charge is 0.0134 e. The Morgan fingerprint density at radius 3 is 0.919 bits per heavy atom. The average Bonchev–Trinajstić information content (AvgIpc) is 3.00. The standard InChI is InChI=1S/C18H15P.C14H15PS.ClH.Pd/c1-4-10-16(11-5-1)19(17-12-6-2-7-13-17)18-14-8-3-9-15-18;16-12-11-15(13-7-3-1-4-8-13)14-9-5-2-6-10-14;;/h1-15H;1-10,16H,11-12H2;1H;/q;;;+2/p-2. The van der Waals surface area contributed by atoms with Gasteiger partial charge in [-0.15, -0.1) is 0 Å². The molecule has 5 rings (SSSR count). The van der Waals surface area contributed by atoms with Crippen LogP contribution in [0.25, 0.3) is 0 Å². The van der Waals surface area contributed by atoms with Crippen molar-refractivity contribution in [2.24, 2.45) is 0 Å². The van der Waals surface area contributed by atoms with Crippen LogP contribution in [0.4, 0.5) is 0 Å². The maximum absolute atomic E-state index is 5.14. The number of hydrogen-bond acceptors (Lipinski definition) is 1. The summed E-state index contributed by atoms with van der Waals surface area (Å²) in [6.45, 7) is 0. The Hall–Kier alpha value is -1.74. The van der Waals surface area contributed by atoms with Gasteiger partial charge in [-0.3, -0.25) is 0 Å². The zero-order chi connectivity index (χ0) is 26.1. The van der Waals surface area contributed by atoms with Crippen LogP contribution in [-0.4, -0.2) is 11.9 Å². The summed E-state index contributed by atoms with van der Waals surface area (Å²) in [7, 11) is 3.79. The van der Waals surface area contributed by atoms with Gasteiger partial charge in [-0.25, -0.2) is 0 Å². The van der Waals surface area contributed by atoms with Gasteiger partial charge < -0.3 is 12.6 Å². The van der Waals surface area contributed by atoms with E-state index >= 15 is 0 Å². The second kappa shape index (κ2) is 17.7. The van der Waals surface area contributed by atoms with E-state index in [0.717, 1.165) is 11.9 Å². The Balaban J connectivity index is 0.000000195. The van der Waals surface area contributed by atoms with Crippen molar-refractivity contribution in [3.05, 3.63) is 152 Å². The molecule has 190 valence electrons. The number of halogens is 1. The van der Waals surface area contributed by atoms with Crippen LogP contribution in [0, 0.1) is 0 Å². The second-order valence-electron chi connectivity index (χ2n) is 7.87. The Labute approximate surface area is 244 Å². The Bertz CT molecular complexity index is 1110. The number of rotatable bonds is 7. The first-order valence-corrected chi connectivity index (χ1v) is 17.3. The van der Waals surface area contributed by atoms with Crippen molar-refractivity contribution in [1.82, 2.24) is 0 Å². The summed E-state index contributed by atoms with van der Waals surface area (Å²) < 4.78 is 0. The molecular weight excluding hydrogens is 620 g/mol. The van der Waals surface area contributed by atoms with Crippen molar-refractivity contribution >= 4 is 64.5 Å². The van der Waals surface area contributed by atoms with Crippen LogP contribution in [0.3, 0.4) is 0 Å². The molecule has 0 nitrogen and oxygen atoms in total. The normalized spacial score (nSPS) is 10.2. The summed E-state index contributed by atoms with van der Waals surface area (Å²) in [5.74, 6) is 0.829. The first-order valence-electron chi connectivity index (χ1n) is 11.9. The van der Waals surface area contributed by atoms with Crippen LogP contribution in [0.15, 0.2) is 152 Å². The second-order valence-corrected chi connectivity index (χ2v) is 12.8. The molecule has 0 N–H and O–H groups in total. The third kappa shape index (κ3) is 9.50. The van der Waals surface area contributed by atoms with E-state index in [4.69, 9.17) is 12.6 Å². The van der Waals surface area contributed by atoms with E-state index in [1.54, 1.807) is 0 Å². The summed E-state index contributed by atoms with van der Waals surface area (Å²) in [4.78, 5) is 0. The predicted molar refractivity (Wildman–Crippen MR) is 167 cm³/mol. The maximum atomic E-state index is 5.14. The van der Waals surface area contributed by atoms with Gasteiger partial charge in [0.25, 0.3) is 0 Å². The van der Waals surface area contributed by atoms with Gasteiger partial charge in [-0.2, -0.15) is 5.75 Å². The minimum atomic E-state index is -0.446. The largest absolute Gasteiger partial charge is 0.792 e. The molecule has 0 fully saturated rings. The van der Waals surface area contributed by atoms with Crippen LogP contribution in [0.1, 0.15) is 0 Å². The quantitative estimate of drug-likeness (QED) is 0.106. The van der Waals surface area contributed by atoms with E-state index in [-0.39, 0.29) is 7.92 Å². The van der Waals surface area contributed by atoms with E-state index in [0.29, 0.717) is 0 Å². The third-order valence-electron chi connectivity index (χ3n) is 5.49. The van der Waals surface area contributed by atoms with Gasteiger partial charge in [-0.05, 0) is 48.5 Å². The first-order chi connectivity index (χ1) is 18.4. The van der Waals surface area contributed by atoms with Gasteiger partial charge in [0, 0.05) is 0 Å². The molecule has 0 aliphatic rings. The van der Waals surface area contributed by atoms with Gasteiger partial charge in [0.05, 0.1) is 0 Å². The van der Waals surface area contributed by atoms with Crippen molar-refractivity contribution in [3.63, 3.8) is 0 Å². The van der Waals surface area contributed by atoms with Crippen molar-refractivity contribution in [3.8, 4) is 0 Å². The zero-order valence-electron chi connectivity index (χ0n) is 20.3. The monoisotopic (exact) mass is 648 g/mol. The first kappa shape index (κ1) is 29.8. The molecule has 0 heterocycles. The van der Waals surface area contributed by atoms with E-state index < -0.39 is 7.92 Å². The molecule has 0 aliphatic heterocycles. The van der Waals surface area contributed by atoms with E-state index in [9.17, 15) is 0 Å². The fourth-order valence-electron chi connectivity index (χ4n) is 3.89. The molecule has 0 saturated heterocycles. The van der Waals surface area contributed by atoms with Crippen LogP contribution < -0.4 is 26.5 Å². The van der Waals surface area contributed by atoms with Crippen molar-refractivity contribution in [2.75, 3.05) is 11.9 Å². The number of benzene rings is 5. The topological polar surface area (TPSA) is 0 Å². The van der Waals surface area contributed by atoms with Crippen molar-refractivity contribution in [2.45, 2.75) is 0 Å². The fraction of sp³-hybridized carbons (Fsp3) is 0.0625. The van der Waals surface area contributed by atoms with Gasteiger partial charge in [0.15, 0.2) is 0 Å². The molecule has 0 saturated carbocycles. The van der Waals surface area contributed by atoms with Gasteiger partial charge in [0.1, 0.15) is 0 Å². The molecule has 37 heavy (non-hydrogen) atoms. The molecule has 0 spiro atoms. The summed E-state index contributed by atoms with van der Waals surface area (Å²) in [6, 6.07) is 53.7. The fourth-order valence-corrected chi connectivity index (χ4v) is 8.81. The molecule has 0 unspecified atom stereocenters. The van der Waals surface area contributed by atoms with Crippen LogP contribution >= 0.6 is 25.4 Å². The molecular formula is C32H29ClP2PdS. The van der Waals surface area contributed by atoms with Gasteiger partial charge >= 0.3 is 27.7 Å². The minimum absolute atomic E-state index is 0.255.